The zero-order valence-electron chi connectivity index (χ0n) is 13.7. The maximum absolute atomic E-state index is 11.8. The van der Waals surface area contributed by atoms with Crippen LogP contribution >= 0.6 is 0 Å². The third kappa shape index (κ3) is 7.34. The molecule has 1 saturated carbocycles. The predicted octanol–water partition coefficient (Wildman–Crippen LogP) is 3.52. The van der Waals surface area contributed by atoms with E-state index in [1.807, 2.05) is 20.8 Å². The summed E-state index contributed by atoms with van der Waals surface area (Å²) in [5.41, 5.74) is -0.458. The van der Waals surface area contributed by atoms with Gasteiger partial charge in [0.15, 0.2) is 0 Å². The lowest BCUT2D eigenvalue weighted by Gasteiger charge is -2.29. The zero-order chi connectivity index (χ0) is 16.0. The van der Waals surface area contributed by atoms with Gasteiger partial charge >= 0.3 is 12.1 Å². The van der Waals surface area contributed by atoms with Gasteiger partial charge in [0, 0.05) is 20.0 Å². The van der Waals surface area contributed by atoms with Gasteiger partial charge < -0.3 is 14.7 Å². The van der Waals surface area contributed by atoms with Crippen molar-refractivity contribution in [2.24, 2.45) is 11.8 Å². The molecule has 122 valence electrons. The Morgan fingerprint density at radius 1 is 1.14 bits per heavy atom. The highest BCUT2D eigenvalue weighted by Gasteiger charge is 2.24. The Labute approximate surface area is 127 Å². The number of aliphatic carboxylic acids is 1. The lowest BCUT2D eigenvalue weighted by atomic mass is 9.79. The van der Waals surface area contributed by atoms with Gasteiger partial charge in [0.2, 0.25) is 0 Å². The van der Waals surface area contributed by atoms with Gasteiger partial charge in [-0.15, -0.1) is 0 Å². The Kier molecular flexibility index (Phi) is 6.49. The Bertz CT molecular complexity index is 354. The molecule has 1 aliphatic rings. The molecule has 0 bridgehead atoms. The monoisotopic (exact) mass is 299 g/mol. The van der Waals surface area contributed by atoms with Gasteiger partial charge in [-0.3, -0.25) is 4.79 Å². The lowest BCUT2D eigenvalue weighted by molar-refractivity contribution is -0.138. The van der Waals surface area contributed by atoms with Gasteiger partial charge in [-0.05, 0) is 51.9 Å². The normalized spacial score (nSPS) is 22.7. The van der Waals surface area contributed by atoms with Crippen molar-refractivity contribution in [1.82, 2.24) is 4.90 Å². The van der Waals surface area contributed by atoms with E-state index in [1.165, 1.54) is 0 Å². The number of carbonyl (C=O) groups excluding carboxylic acids is 1. The number of ether oxygens (including phenoxy) is 1. The number of carboxylic acid groups (broad SMARTS) is 1. The zero-order valence-corrected chi connectivity index (χ0v) is 13.7. The van der Waals surface area contributed by atoms with Crippen molar-refractivity contribution in [2.75, 3.05) is 13.6 Å². The average Bonchev–Trinajstić information content (AvgIpc) is 2.34. The Balaban J connectivity index is 2.24. The van der Waals surface area contributed by atoms with Gasteiger partial charge in [-0.1, -0.05) is 12.8 Å². The SMILES string of the molecule is CN(CC[C@H]1CC[C@H](CC(=O)O)CC1)C(=O)OC(C)(C)C. The van der Waals surface area contributed by atoms with Crippen LogP contribution in [0.15, 0.2) is 0 Å². The quantitative estimate of drug-likeness (QED) is 0.843. The fourth-order valence-corrected chi connectivity index (χ4v) is 2.78. The molecule has 5 nitrogen and oxygen atoms in total. The Hall–Kier alpha value is -1.26. The molecule has 0 aliphatic heterocycles. The standard InChI is InChI=1S/C16H29NO4/c1-16(2,3)21-15(20)17(4)10-9-12-5-7-13(8-6-12)11-14(18)19/h12-13H,5-11H2,1-4H3,(H,18,19)/t12-,13-. The fourth-order valence-electron chi connectivity index (χ4n) is 2.78. The summed E-state index contributed by atoms with van der Waals surface area (Å²) in [5.74, 6) is 0.241. The first-order chi connectivity index (χ1) is 9.67. The molecule has 0 heterocycles. The molecule has 21 heavy (non-hydrogen) atoms. The van der Waals surface area contributed by atoms with E-state index in [1.54, 1.807) is 11.9 Å². The molecule has 1 N–H and O–H groups in total. The van der Waals surface area contributed by atoms with Gasteiger partial charge in [0.1, 0.15) is 5.60 Å². The highest BCUT2D eigenvalue weighted by molar-refractivity contribution is 5.67. The third-order valence-electron chi connectivity index (χ3n) is 4.01. The minimum absolute atomic E-state index is 0.276. The van der Waals surface area contributed by atoms with Crippen molar-refractivity contribution in [3.63, 3.8) is 0 Å². The van der Waals surface area contributed by atoms with E-state index >= 15 is 0 Å². The summed E-state index contributed by atoms with van der Waals surface area (Å²) in [4.78, 5) is 24.2. The first-order valence-corrected chi connectivity index (χ1v) is 7.83. The Morgan fingerprint density at radius 3 is 2.14 bits per heavy atom. The average molecular weight is 299 g/mol. The van der Waals surface area contributed by atoms with Crippen molar-refractivity contribution in [1.29, 1.82) is 0 Å². The molecule has 0 saturated heterocycles. The number of nitrogens with zero attached hydrogens (tertiary/aromatic N) is 1. The van der Waals surface area contributed by atoms with Crippen LogP contribution in [-0.4, -0.2) is 41.3 Å². The van der Waals surface area contributed by atoms with E-state index in [0.717, 1.165) is 32.1 Å². The molecule has 0 radical (unpaired) electrons. The van der Waals surface area contributed by atoms with Crippen LogP contribution in [0.2, 0.25) is 0 Å². The van der Waals surface area contributed by atoms with Crippen molar-refractivity contribution in [3.05, 3.63) is 0 Å². The van der Waals surface area contributed by atoms with E-state index in [4.69, 9.17) is 9.84 Å². The number of carbonyl (C=O) groups is 2. The third-order valence-corrected chi connectivity index (χ3v) is 4.01. The van der Waals surface area contributed by atoms with Gasteiger partial charge in [-0.2, -0.15) is 0 Å². The number of hydrogen-bond donors (Lipinski definition) is 1. The summed E-state index contributed by atoms with van der Waals surface area (Å²) >= 11 is 0. The Morgan fingerprint density at radius 2 is 1.67 bits per heavy atom. The van der Waals surface area contributed by atoms with Crippen LogP contribution in [-0.2, 0) is 9.53 Å². The van der Waals surface area contributed by atoms with Gasteiger partial charge in [0.05, 0.1) is 0 Å². The van der Waals surface area contributed by atoms with Crippen molar-refractivity contribution >= 4 is 12.1 Å². The molecule has 0 unspecified atom stereocenters. The number of hydrogen-bond acceptors (Lipinski definition) is 3. The number of rotatable bonds is 5. The largest absolute Gasteiger partial charge is 0.481 e. The van der Waals surface area contributed by atoms with Crippen LogP contribution in [0.25, 0.3) is 0 Å². The lowest BCUT2D eigenvalue weighted by Crippen LogP contribution is -2.35. The first kappa shape index (κ1) is 17.8. The number of amides is 1. The van der Waals surface area contributed by atoms with Crippen molar-refractivity contribution in [2.45, 2.75) is 64.9 Å². The summed E-state index contributed by atoms with van der Waals surface area (Å²) in [5, 5.41) is 8.80. The van der Waals surface area contributed by atoms with Crippen molar-refractivity contribution < 1.29 is 19.4 Å². The first-order valence-electron chi connectivity index (χ1n) is 7.83. The fraction of sp³-hybridized carbons (Fsp3) is 0.875. The summed E-state index contributed by atoms with van der Waals surface area (Å²) in [7, 11) is 1.77. The van der Waals surface area contributed by atoms with E-state index in [0.29, 0.717) is 24.8 Å². The van der Waals surface area contributed by atoms with Crippen LogP contribution in [0.3, 0.4) is 0 Å². The topological polar surface area (TPSA) is 66.8 Å². The molecule has 1 amide bonds. The molecule has 1 rings (SSSR count). The van der Waals surface area contributed by atoms with E-state index < -0.39 is 11.6 Å². The summed E-state index contributed by atoms with van der Waals surface area (Å²) < 4.78 is 5.32. The van der Waals surface area contributed by atoms with Crippen LogP contribution in [0, 0.1) is 11.8 Å². The minimum Gasteiger partial charge on any atom is -0.481 e. The highest BCUT2D eigenvalue weighted by Crippen LogP contribution is 2.32. The molecule has 0 atom stereocenters. The molecule has 1 aliphatic carbocycles. The summed E-state index contributed by atoms with van der Waals surface area (Å²) in [6.07, 6.45) is 5.11. The summed E-state index contributed by atoms with van der Waals surface area (Å²) in [6.45, 7) is 6.29. The van der Waals surface area contributed by atoms with Gasteiger partial charge in [-0.25, -0.2) is 4.79 Å². The molecule has 5 heteroatoms. The van der Waals surface area contributed by atoms with Crippen LogP contribution in [0.5, 0.6) is 0 Å². The maximum Gasteiger partial charge on any atom is 0.410 e. The minimum atomic E-state index is -0.692. The number of carboxylic acids is 1. The smallest absolute Gasteiger partial charge is 0.410 e. The molecule has 0 aromatic rings. The van der Waals surface area contributed by atoms with Crippen LogP contribution < -0.4 is 0 Å². The second kappa shape index (κ2) is 7.66. The summed E-state index contributed by atoms with van der Waals surface area (Å²) in [6, 6.07) is 0. The maximum atomic E-state index is 11.8. The van der Waals surface area contributed by atoms with Crippen LogP contribution in [0.4, 0.5) is 4.79 Å². The predicted molar refractivity (Wildman–Crippen MR) is 81.2 cm³/mol. The van der Waals surface area contributed by atoms with Gasteiger partial charge in [0.25, 0.3) is 0 Å². The van der Waals surface area contributed by atoms with E-state index in [-0.39, 0.29) is 6.09 Å². The van der Waals surface area contributed by atoms with E-state index in [9.17, 15) is 9.59 Å². The molecule has 0 aromatic carbocycles. The van der Waals surface area contributed by atoms with Crippen LogP contribution in [0.1, 0.15) is 59.3 Å². The molecule has 1 fully saturated rings. The van der Waals surface area contributed by atoms with Crippen molar-refractivity contribution in [3.8, 4) is 0 Å². The second-order valence-electron chi connectivity index (χ2n) is 7.18. The second-order valence-corrected chi connectivity index (χ2v) is 7.18. The highest BCUT2D eigenvalue weighted by atomic mass is 16.6. The molecule has 0 spiro atoms. The molecular weight excluding hydrogens is 270 g/mol. The molecular formula is C16H29NO4. The molecule has 0 aromatic heterocycles. The van der Waals surface area contributed by atoms with E-state index in [2.05, 4.69) is 0 Å².